The fraction of sp³-hybridized carbons (Fsp3) is 0.727. The van der Waals surface area contributed by atoms with E-state index in [9.17, 15) is 4.79 Å². The fourth-order valence-electron chi connectivity index (χ4n) is 1.47. The van der Waals surface area contributed by atoms with Gasteiger partial charge >= 0.3 is 0 Å². The van der Waals surface area contributed by atoms with Crippen molar-refractivity contribution >= 4 is 5.91 Å². The molecular formula is C11H20N2O. The van der Waals surface area contributed by atoms with Gasteiger partial charge in [-0.1, -0.05) is 25.5 Å². The van der Waals surface area contributed by atoms with E-state index < -0.39 is 0 Å². The van der Waals surface area contributed by atoms with Crippen LogP contribution in [0.2, 0.25) is 0 Å². The van der Waals surface area contributed by atoms with Gasteiger partial charge in [-0.25, -0.2) is 0 Å². The van der Waals surface area contributed by atoms with Gasteiger partial charge in [-0.15, -0.1) is 0 Å². The number of carbonyl (C=O) groups is 1. The molecule has 0 aliphatic carbocycles. The zero-order chi connectivity index (χ0) is 10.7. The average molecular weight is 196 g/mol. The second-order valence-corrected chi connectivity index (χ2v) is 4.35. The summed E-state index contributed by atoms with van der Waals surface area (Å²) in [5, 5.41) is 0. The molecule has 0 unspecified atom stereocenters. The van der Waals surface area contributed by atoms with Gasteiger partial charge in [-0.2, -0.15) is 0 Å². The van der Waals surface area contributed by atoms with Crippen LogP contribution < -0.4 is 5.73 Å². The van der Waals surface area contributed by atoms with Crippen LogP contribution in [0.1, 0.15) is 27.2 Å². The van der Waals surface area contributed by atoms with Crippen molar-refractivity contribution in [1.82, 2.24) is 4.90 Å². The van der Waals surface area contributed by atoms with Gasteiger partial charge in [0.25, 0.3) is 0 Å². The largest absolute Gasteiger partial charge is 0.337 e. The summed E-state index contributed by atoms with van der Waals surface area (Å²) in [5.41, 5.74) is 7.18. The second kappa shape index (κ2) is 4.60. The Labute approximate surface area is 86.0 Å². The minimum Gasteiger partial charge on any atom is -0.337 e. The molecule has 1 heterocycles. The van der Waals surface area contributed by atoms with Gasteiger partial charge in [0, 0.05) is 13.1 Å². The standard InChI is InChI=1S/C11H20N2O/c1-8(2)10(12)11(14)13-6-4-9(3)5-7-13/h4,8,10H,5-7,12H2,1-3H3/t10-/m0/s1. The average Bonchev–Trinajstić information content (AvgIpc) is 2.16. The molecule has 14 heavy (non-hydrogen) atoms. The number of hydrogen-bond acceptors (Lipinski definition) is 2. The third kappa shape index (κ3) is 2.58. The highest BCUT2D eigenvalue weighted by Crippen LogP contribution is 2.12. The number of nitrogens with two attached hydrogens (primary N) is 1. The molecule has 1 atom stereocenters. The summed E-state index contributed by atoms with van der Waals surface area (Å²) in [5.74, 6) is 0.304. The highest BCUT2D eigenvalue weighted by Gasteiger charge is 2.23. The summed E-state index contributed by atoms with van der Waals surface area (Å²) in [6.07, 6.45) is 3.09. The summed E-state index contributed by atoms with van der Waals surface area (Å²) < 4.78 is 0. The number of carbonyl (C=O) groups excluding carboxylic acids is 1. The molecular weight excluding hydrogens is 176 g/mol. The van der Waals surface area contributed by atoms with Crippen LogP contribution >= 0.6 is 0 Å². The topological polar surface area (TPSA) is 46.3 Å². The Morgan fingerprint density at radius 2 is 2.21 bits per heavy atom. The van der Waals surface area contributed by atoms with E-state index >= 15 is 0 Å². The van der Waals surface area contributed by atoms with Crippen LogP contribution in [0.15, 0.2) is 11.6 Å². The Bertz CT molecular complexity index is 246. The van der Waals surface area contributed by atoms with Gasteiger partial charge in [0.2, 0.25) is 5.91 Å². The number of nitrogens with zero attached hydrogens (tertiary/aromatic N) is 1. The lowest BCUT2D eigenvalue weighted by Crippen LogP contribution is -2.47. The summed E-state index contributed by atoms with van der Waals surface area (Å²) in [6, 6.07) is -0.346. The van der Waals surface area contributed by atoms with Gasteiger partial charge in [-0.3, -0.25) is 4.79 Å². The first-order valence-corrected chi connectivity index (χ1v) is 5.22. The summed E-state index contributed by atoms with van der Waals surface area (Å²) >= 11 is 0. The molecule has 0 aromatic rings. The zero-order valence-corrected chi connectivity index (χ0v) is 9.29. The van der Waals surface area contributed by atoms with Crippen molar-refractivity contribution in [1.29, 1.82) is 0 Å². The molecule has 1 aliphatic heterocycles. The van der Waals surface area contributed by atoms with Crippen LogP contribution in [0, 0.1) is 5.92 Å². The quantitative estimate of drug-likeness (QED) is 0.673. The minimum absolute atomic E-state index is 0.0868. The Balaban J connectivity index is 2.54. The molecule has 3 heteroatoms. The van der Waals surface area contributed by atoms with Crippen molar-refractivity contribution in [3.63, 3.8) is 0 Å². The maximum Gasteiger partial charge on any atom is 0.240 e. The van der Waals surface area contributed by atoms with E-state index in [1.54, 1.807) is 0 Å². The lowest BCUT2D eigenvalue weighted by atomic mass is 10.0. The molecule has 1 rings (SSSR count). The highest BCUT2D eigenvalue weighted by atomic mass is 16.2. The zero-order valence-electron chi connectivity index (χ0n) is 9.29. The van der Waals surface area contributed by atoms with Crippen LogP contribution in [-0.2, 0) is 4.79 Å². The number of hydrogen-bond donors (Lipinski definition) is 1. The lowest BCUT2D eigenvalue weighted by Gasteiger charge is -2.29. The molecule has 0 radical (unpaired) electrons. The van der Waals surface area contributed by atoms with E-state index in [-0.39, 0.29) is 17.9 Å². The van der Waals surface area contributed by atoms with E-state index in [0.29, 0.717) is 0 Å². The molecule has 0 saturated heterocycles. The third-order valence-corrected chi connectivity index (χ3v) is 2.75. The van der Waals surface area contributed by atoms with E-state index in [4.69, 9.17) is 5.73 Å². The van der Waals surface area contributed by atoms with Gasteiger partial charge in [0.1, 0.15) is 0 Å². The molecule has 1 aliphatic rings. The van der Waals surface area contributed by atoms with Crippen molar-refractivity contribution in [3.8, 4) is 0 Å². The van der Waals surface area contributed by atoms with Crippen LogP contribution in [0.3, 0.4) is 0 Å². The predicted molar refractivity (Wildman–Crippen MR) is 57.8 cm³/mol. The molecule has 1 amide bonds. The Morgan fingerprint density at radius 1 is 1.57 bits per heavy atom. The fourth-order valence-corrected chi connectivity index (χ4v) is 1.47. The molecule has 0 aromatic carbocycles. The highest BCUT2D eigenvalue weighted by molar-refractivity contribution is 5.82. The first-order valence-electron chi connectivity index (χ1n) is 5.22. The van der Waals surface area contributed by atoms with E-state index in [1.165, 1.54) is 5.57 Å². The number of rotatable bonds is 2. The molecule has 0 saturated carbocycles. The van der Waals surface area contributed by atoms with Gasteiger partial charge < -0.3 is 10.6 Å². The van der Waals surface area contributed by atoms with Crippen molar-refractivity contribution in [2.75, 3.05) is 13.1 Å². The first-order chi connectivity index (χ1) is 6.52. The first kappa shape index (κ1) is 11.2. The molecule has 3 nitrogen and oxygen atoms in total. The van der Waals surface area contributed by atoms with Crippen molar-refractivity contribution in [2.45, 2.75) is 33.2 Å². The van der Waals surface area contributed by atoms with Crippen LogP contribution in [-0.4, -0.2) is 29.9 Å². The normalized spacial score (nSPS) is 19.5. The van der Waals surface area contributed by atoms with Crippen molar-refractivity contribution in [2.24, 2.45) is 11.7 Å². The maximum atomic E-state index is 11.8. The molecule has 80 valence electrons. The molecule has 0 spiro atoms. The van der Waals surface area contributed by atoms with Crippen LogP contribution in [0.4, 0.5) is 0 Å². The maximum absolute atomic E-state index is 11.8. The summed E-state index contributed by atoms with van der Waals surface area (Å²) in [4.78, 5) is 13.7. The Kier molecular flexibility index (Phi) is 3.69. The summed E-state index contributed by atoms with van der Waals surface area (Å²) in [6.45, 7) is 7.61. The lowest BCUT2D eigenvalue weighted by molar-refractivity contribution is -0.133. The van der Waals surface area contributed by atoms with Crippen molar-refractivity contribution < 1.29 is 4.79 Å². The van der Waals surface area contributed by atoms with E-state index in [0.717, 1.165) is 19.5 Å². The monoisotopic (exact) mass is 196 g/mol. The van der Waals surface area contributed by atoms with Gasteiger partial charge in [0.15, 0.2) is 0 Å². The Hall–Kier alpha value is -0.830. The Morgan fingerprint density at radius 3 is 2.64 bits per heavy atom. The predicted octanol–water partition coefficient (Wildman–Crippen LogP) is 1.15. The smallest absolute Gasteiger partial charge is 0.240 e. The second-order valence-electron chi connectivity index (χ2n) is 4.35. The SMILES string of the molecule is CC1=CCN(C(=O)[C@@H](N)C(C)C)CC1. The third-order valence-electron chi connectivity index (χ3n) is 2.75. The van der Waals surface area contributed by atoms with Crippen molar-refractivity contribution in [3.05, 3.63) is 11.6 Å². The molecule has 2 N–H and O–H groups in total. The van der Waals surface area contributed by atoms with E-state index in [1.807, 2.05) is 18.7 Å². The molecule has 0 bridgehead atoms. The van der Waals surface area contributed by atoms with Crippen LogP contribution in [0.25, 0.3) is 0 Å². The van der Waals surface area contributed by atoms with Crippen LogP contribution in [0.5, 0.6) is 0 Å². The van der Waals surface area contributed by atoms with Gasteiger partial charge in [-0.05, 0) is 19.3 Å². The molecule has 0 fully saturated rings. The molecule has 0 aromatic heterocycles. The minimum atomic E-state index is -0.346. The number of amides is 1. The van der Waals surface area contributed by atoms with E-state index in [2.05, 4.69) is 13.0 Å². The summed E-state index contributed by atoms with van der Waals surface area (Å²) in [7, 11) is 0. The van der Waals surface area contributed by atoms with Gasteiger partial charge in [0.05, 0.1) is 6.04 Å².